The molecule has 2 rings (SSSR count). The first-order chi connectivity index (χ1) is 9.19. The third-order valence-corrected chi connectivity index (χ3v) is 2.64. The van der Waals surface area contributed by atoms with Gasteiger partial charge in [0.1, 0.15) is 11.5 Å². The lowest BCUT2D eigenvalue weighted by Gasteiger charge is -2.13. The van der Waals surface area contributed by atoms with Crippen LogP contribution in [0.15, 0.2) is 34.9 Å². The van der Waals surface area contributed by atoms with Crippen molar-refractivity contribution in [3.63, 3.8) is 0 Å². The highest BCUT2D eigenvalue weighted by Gasteiger charge is 2.07. The van der Waals surface area contributed by atoms with Crippen LogP contribution in [-0.2, 0) is 13.0 Å². The van der Waals surface area contributed by atoms with E-state index in [0.717, 1.165) is 23.6 Å². The maximum Gasteiger partial charge on any atom is 0.237 e. The number of aromatic nitrogens is 1. The Morgan fingerprint density at radius 2 is 2.05 bits per heavy atom. The molecule has 0 unspecified atom stereocenters. The summed E-state index contributed by atoms with van der Waals surface area (Å²) in [6.07, 6.45) is 2.74. The molecular formula is C15H20N2O2. The molecule has 2 aromatic heterocycles. The van der Waals surface area contributed by atoms with E-state index in [1.807, 2.05) is 38.1 Å². The van der Waals surface area contributed by atoms with E-state index in [4.69, 9.17) is 9.15 Å². The highest BCUT2D eigenvalue weighted by molar-refractivity contribution is 5.52. The van der Waals surface area contributed by atoms with Crippen molar-refractivity contribution in [1.29, 1.82) is 0 Å². The van der Waals surface area contributed by atoms with E-state index < -0.39 is 0 Å². The lowest BCUT2D eigenvalue weighted by molar-refractivity contribution is 0.234. The van der Waals surface area contributed by atoms with Crippen molar-refractivity contribution in [1.82, 2.24) is 4.98 Å². The van der Waals surface area contributed by atoms with Gasteiger partial charge < -0.3 is 14.5 Å². The van der Waals surface area contributed by atoms with Crippen LogP contribution in [-0.4, -0.2) is 11.1 Å². The smallest absolute Gasteiger partial charge is 0.237 e. The molecule has 0 aliphatic carbocycles. The number of hydrogen-bond acceptors (Lipinski definition) is 4. The van der Waals surface area contributed by atoms with Gasteiger partial charge in [0.25, 0.3) is 0 Å². The Bertz CT molecular complexity index is 520. The summed E-state index contributed by atoms with van der Waals surface area (Å²) in [4.78, 5) is 4.24. The quantitative estimate of drug-likeness (QED) is 0.861. The summed E-state index contributed by atoms with van der Waals surface area (Å²) in [5.41, 5.74) is 0.880. The van der Waals surface area contributed by atoms with Crippen LogP contribution in [0.5, 0.6) is 5.88 Å². The van der Waals surface area contributed by atoms with Crippen molar-refractivity contribution in [2.24, 2.45) is 0 Å². The number of pyridine rings is 1. The Balaban J connectivity index is 2.02. The number of furan rings is 1. The van der Waals surface area contributed by atoms with Gasteiger partial charge in [0.2, 0.25) is 5.88 Å². The van der Waals surface area contributed by atoms with Gasteiger partial charge in [0.05, 0.1) is 18.3 Å². The Kier molecular flexibility index (Phi) is 4.44. The third-order valence-electron chi connectivity index (χ3n) is 2.64. The molecule has 0 spiro atoms. The molecule has 0 fully saturated rings. The van der Waals surface area contributed by atoms with Crippen LogP contribution in [0.4, 0.5) is 5.69 Å². The zero-order valence-electron chi connectivity index (χ0n) is 11.6. The van der Waals surface area contributed by atoms with Crippen LogP contribution in [0.2, 0.25) is 0 Å². The first-order valence-corrected chi connectivity index (χ1v) is 6.62. The van der Waals surface area contributed by atoms with Crippen molar-refractivity contribution in [2.75, 3.05) is 5.32 Å². The van der Waals surface area contributed by atoms with Gasteiger partial charge >= 0.3 is 0 Å². The molecule has 0 aliphatic rings. The summed E-state index contributed by atoms with van der Waals surface area (Å²) >= 11 is 0. The molecule has 2 heterocycles. The van der Waals surface area contributed by atoms with Crippen molar-refractivity contribution in [2.45, 2.75) is 39.8 Å². The molecule has 0 aromatic carbocycles. The van der Waals surface area contributed by atoms with Crippen molar-refractivity contribution < 1.29 is 9.15 Å². The third kappa shape index (κ3) is 3.74. The van der Waals surface area contributed by atoms with E-state index in [9.17, 15) is 0 Å². The lowest BCUT2D eigenvalue weighted by atomic mass is 10.3. The number of hydrogen-bond donors (Lipinski definition) is 1. The Morgan fingerprint density at radius 3 is 2.74 bits per heavy atom. The molecule has 0 amide bonds. The maximum atomic E-state index is 5.66. The molecule has 0 saturated heterocycles. The monoisotopic (exact) mass is 260 g/mol. The van der Waals surface area contributed by atoms with E-state index >= 15 is 0 Å². The average Bonchev–Trinajstić information content (AvgIpc) is 2.85. The van der Waals surface area contributed by atoms with Crippen LogP contribution >= 0.6 is 0 Å². The fraction of sp³-hybridized carbons (Fsp3) is 0.400. The fourth-order valence-corrected chi connectivity index (χ4v) is 1.73. The van der Waals surface area contributed by atoms with E-state index in [-0.39, 0.29) is 6.10 Å². The van der Waals surface area contributed by atoms with Crippen molar-refractivity contribution in [3.05, 3.63) is 42.0 Å². The predicted octanol–water partition coefficient (Wildman–Crippen LogP) is 3.64. The Morgan fingerprint density at radius 1 is 1.26 bits per heavy atom. The normalized spacial score (nSPS) is 10.7. The summed E-state index contributed by atoms with van der Waals surface area (Å²) in [7, 11) is 0. The maximum absolute atomic E-state index is 5.66. The van der Waals surface area contributed by atoms with Crippen LogP contribution in [0.25, 0.3) is 0 Å². The summed E-state index contributed by atoms with van der Waals surface area (Å²) in [5.74, 6) is 2.54. The van der Waals surface area contributed by atoms with Crippen LogP contribution in [0, 0.1) is 0 Å². The zero-order valence-corrected chi connectivity index (χ0v) is 11.6. The minimum Gasteiger partial charge on any atom is -0.473 e. The second-order valence-corrected chi connectivity index (χ2v) is 4.60. The summed E-state index contributed by atoms with van der Waals surface area (Å²) in [5, 5.41) is 3.29. The van der Waals surface area contributed by atoms with E-state index in [2.05, 4.69) is 17.2 Å². The molecule has 0 aliphatic heterocycles. The van der Waals surface area contributed by atoms with Crippen LogP contribution < -0.4 is 10.1 Å². The average molecular weight is 260 g/mol. The largest absolute Gasteiger partial charge is 0.473 e. The van der Waals surface area contributed by atoms with Gasteiger partial charge in [0.15, 0.2) is 0 Å². The molecular weight excluding hydrogens is 240 g/mol. The molecule has 4 nitrogen and oxygen atoms in total. The van der Waals surface area contributed by atoms with Crippen LogP contribution in [0.1, 0.15) is 32.3 Å². The van der Waals surface area contributed by atoms with Gasteiger partial charge in [-0.15, -0.1) is 0 Å². The van der Waals surface area contributed by atoms with Crippen molar-refractivity contribution >= 4 is 5.69 Å². The standard InChI is InChI=1S/C15H20N2O2/c1-4-12-7-8-13(19-12)10-17-14-6-5-9-16-15(14)18-11(2)3/h5-9,11,17H,4,10H2,1-3H3. The second-order valence-electron chi connectivity index (χ2n) is 4.60. The number of nitrogens with zero attached hydrogens (tertiary/aromatic N) is 1. The number of rotatable bonds is 6. The molecule has 0 saturated carbocycles. The second kappa shape index (κ2) is 6.27. The highest BCUT2D eigenvalue weighted by atomic mass is 16.5. The molecule has 19 heavy (non-hydrogen) atoms. The SMILES string of the molecule is CCc1ccc(CNc2cccnc2OC(C)C)o1. The Labute approximate surface area is 113 Å². The summed E-state index contributed by atoms with van der Waals surface area (Å²) < 4.78 is 11.3. The van der Waals surface area contributed by atoms with E-state index in [0.29, 0.717) is 12.4 Å². The summed E-state index contributed by atoms with van der Waals surface area (Å²) in [6.45, 7) is 6.67. The topological polar surface area (TPSA) is 47.3 Å². The minimum atomic E-state index is 0.103. The van der Waals surface area contributed by atoms with Gasteiger partial charge in [-0.25, -0.2) is 4.98 Å². The molecule has 0 atom stereocenters. The van der Waals surface area contributed by atoms with Gasteiger partial charge in [-0.05, 0) is 38.1 Å². The predicted molar refractivity (Wildman–Crippen MR) is 75.4 cm³/mol. The molecule has 1 N–H and O–H groups in total. The first-order valence-electron chi connectivity index (χ1n) is 6.62. The Hall–Kier alpha value is -1.97. The lowest BCUT2D eigenvalue weighted by Crippen LogP contribution is -2.09. The minimum absolute atomic E-state index is 0.103. The van der Waals surface area contributed by atoms with Crippen LogP contribution in [0.3, 0.4) is 0 Å². The first kappa shape index (κ1) is 13.5. The van der Waals surface area contributed by atoms with Gasteiger partial charge in [-0.1, -0.05) is 6.92 Å². The van der Waals surface area contributed by atoms with E-state index in [1.165, 1.54) is 0 Å². The molecule has 4 heteroatoms. The number of ether oxygens (including phenoxy) is 1. The fourth-order valence-electron chi connectivity index (χ4n) is 1.73. The number of aryl methyl sites for hydroxylation is 1. The summed E-state index contributed by atoms with van der Waals surface area (Å²) in [6, 6.07) is 7.83. The number of anilines is 1. The van der Waals surface area contributed by atoms with Gasteiger partial charge in [-0.3, -0.25) is 0 Å². The van der Waals surface area contributed by atoms with Gasteiger partial charge in [0, 0.05) is 12.6 Å². The highest BCUT2D eigenvalue weighted by Crippen LogP contribution is 2.22. The van der Waals surface area contributed by atoms with E-state index in [1.54, 1.807) is 6.20 Å². The van der Waals surface area contributed by atoms with Gasteiger partial charge in [-0.2, -0.15) is 0 Å². The zero-order chi connectivity index (χ0) is 13.7. The molecule has 0 radical (unpaired) electrons. The number of nitrogens with one attached hydrogen (secondary N) is 1. The van der Waals surface area contributed by atoms with Crippen molar-refractivity contribution in [3.8, 4) is 5.88 Å². The molecule has 0 bridgehead atoms. The molecule has 2 aromatic rings. The molecule has 102 valence electrons.